The van der Waals surface area contributed by atoms with Gasteiger partial charge in [0.15, 0.2) is 0 Å². The van der Waals surface area contributed by atoms with E-state index in [4.69, 9.17) is 5.41 Å². The number of nitrogens with zero attached hydrogens (tertiary/aromatic N) is 2. The Morgan fingerprint density at radius 2 is 2.20 bits per heavy atom. The Labute approximate surface area is 121 Å². The first-order valence-electron chi connectivity index (χ1n) is 7.35. The van der Waals surface area contributed by atoms with E-state index in [1.54, 1.807) is 0 Å². The van der Waals surface area contributed by atoms with E-state index in [1.807, 2.05) is 19.2 Å². The molecule has 0 bridgehead atoms. The minimum absolute atomic E-state index is 0.167. The fraction of sp³-hybridized carbons (Fsp3) is 0.471. The normalized spacial score (nSPS) is 32.6. The molecule has 1 saturated carbocycles. The van der Waals surface area contributed by atoms with Gasteiger partial charge in [-0.3, -0.25) is 5.41 Å². The van der Waals surface area contributed by atoms with Gasteiger partial charge in [-0.05, 0) is 36.0 Å². The number of piperazine rings is 1. The van der Waals surface area contributed by atoms with Gasteiger partial charge in [0.1, 0.15) is 5.84 Å². The van der Waals surface area contributed by atoms with Crippen molar-refractivity contribution in [2.24, 2.45) is 5.92 Å². The van der Waals surface area contributed by atoms with Crippen molar-refractivity contribution in [3.05, 3.63) is 48.4 Å². The number of nitrogens with one attached hydrogen (secondary N) is 1. The Kier molecular flexibility index (Phi) is 2.89. The van der Waals surface area contributed by atoms with Crippen LogP contribution in [-0.2, 0) is 0 Å². The highest BCUT2D eigenvalue weighted by atomic mass is 15.3. The second-order valence-electron chi connectivity index (χ2n) is 6.32. The lowest BCUT2D eigenvalue weighted by atomic mass is 9.64. The standard InChI is InChI=1S/C17H23N3/c1-5-13-8-17(9-13)11-19(4)16(18)15-7-12(3)14(6-2)10-20(15)17/h6-7,10,13,18H,2-3,5,8-9,11H2,1,4H3. The maximum absolute atomic E-state index is 8.32. The summed E-state index contributed by atoms with van der Waals surface area (Å²) >= 11 is 0. The zero-order valence-electron chi connectivity index (χ0n) is 12.4. The van der Waals surface area contributed by atoms with Crippen molar-refractivity contribution in [1.82, 2.24) is 9.80 Å². The van der Waals surface area contributed by atoms with Crippen LogP contribution in [0.25, 0.3) is 0 Å². The van der Waals surface area contributed by atoms with Crippen LogP contribution in [0.3, 0.4) is 0 Å². The molecule has 2 fully saturated rings. The highest BCUT2D eigenvalue weighted by Crippen LogP contribution is 2.49. The highest BCUT2D eigenvalue weighted by Gasteiger charge is 2.52. The quantitative estimate of drug-likeness (QED) is 0.833. The zero-order valence-corrected chi connectivity index (χ0v) is 12.4. The Morgan fingerprint density at radius 1 is 1.50 bits per heavy atom. The van der Waals surface area contributed by atoms with E-state index in [2.05, 4.69) is 36.1 Å². The van der Waals surface area contributed by atoms with Crippen molar-refractivity contribution in [3.8, 4) is 0 Å². The summed E-state index contributed by atoms with van der Waals surface area (Å²) in [6.45, 7) is 11.2. The van der Waals surface area contributed by atoms with Crippen LogP contribution < -0.4 is 0 Å². The molecule has 0 aromatic heterocycles. The molecule has 2 heterocycles. The van der Waals surface area contributed by atoms with Gasteiger partial charge in [-0.2, -0.15) is 0 Å². The Hall–Kier alpha value is -1.77. The van der Waals surface area contributed by atoms with Gasteiger partial charge in [-0.1, -0.05) is 32.6 Å². The van der Waals surface area contributed by atoms with Gasteiger partial charge in [0.25, 0.3) is 0 Å². The van der Waals surface area contributed by atoms with Gasteiger partial charge in [-0.25, -0.2) is 0 Å². The van der Waals surface area contributed by atoms with Crippen LogP contribution in [0.2, 0.25) is 0 Å². The van der Waals surface area contributed by atoms with E-state index in [-0.39, 0.29) is 5.54 Å². The molecular weight excluding hydrogens is 246 g/mol. The van der Waals surface area contributed by atoms with Crippen LogP contribution in [0.1, 0.15) is 26.2 Å². The van der Waals surface area contributed by atoms with E-state index in [0.29, 0.717) is 5.84 Å². The number of fused-ring (bicyclic) bond motifs is 2. The fourth-order valence-corrected chi connectivity index (χ4v) is 3.79. The average Bonchev–Trinajstić information content (AvgIpc) is 2.40. The van der Waals surface area contributed by atoms with Crippen molar-refractivity contribution < 1.29 is 0 Å². The third-order valence-corrected chi connectivity index (χ3v) is 5.01. The minimum Gasteiger partial charge on any atom is -0.356 e. The van der Waals surface area contributed by atoms with Crippen LogP contribution in [0.4, 0.5) is 0 Å². The maximum Gasteiger partial charge on any atom is 0.144 e. The summed E-state index contributed by atoms with van der Waals surface area (Å²) in [4.78, 5) is 4.40. The molecule has 0 aromatic carbocycles. The SMILES string of the molecule is C=CC1=CN2C(=CC1=C)C(=N)N(C)CC21CC(CC)C1. The largest absolute Gasteiger partial charge is 0.356 e. The van der Waals surface area contributed by atoms with Gasteiger partial charge < -0.3 is 9.80 Å². The smallest absolute Gasteiger partial charge is 0.144 e. The summed E-state index contributed by atoms with van der Waals surface area (Å²) in [6, 6.07) is 0. The second-order valence-corrected chi connectivity index (χ2v) is 6.32. The Balaban J connectivity index is 2.00. The van der Waals surface area contributed by atoms with E-state index in [0.717, 1.165) is 29.3 Å². The summed E-state index contributed by atoms with van der Waals surface area (Å²) in [6.07, 6.45) is 9.73. The van der Waals surface area contributed by atoms with Crippen LogP contribution in [0.15, 0.2) is 48.4 Å². The first-order valence-corrected chi connectivity index (χ1v) is 7.35. The van der Waals surface area contributed by atoms with Crippen molar-refractivity contribution in [3.63, 3.8) is 0 Å². The molecule has 3 rings (SSSR count). The minimum atomic E-state index is 0.167. The number of hydrogen-bond donors (Lipinski definition) is 1. The summed E-state index contributed by atoms with van der Waals surface area (Å²) in [5.41, 5.74) is 3.18. The molecule has 106 valence electrons. The van der Waals surface area contributed by atoms with Gasteiger partial charge >= 0.3 is 0 Å². The molecule has 3 heteroatoms. The topological polar surface area (TPSA) is 30.3 Å². The third-order valence-electron chi connectivity index (χ3n) is 5.01. The van der Waals surface area contributed by atoms with Crippen molar-refractivity contribution in [1.29, 1.82) is 5.41 Å². The van der Waals surface area contributed by atoms with Gasteiger partial charge in [-0.15, -0.1) is 0 Å². The predicted molar refractivity (Wildman–Crippen MR) is 83.4 cm³/mol. The molecule has 0 aromatic rings. The van der Waals surface area contributed by atoms with Gasteiger partial charge in [0.05, 0.1) is 11.2 Å². The van der Waals surface area contributed by atoms with E-state index in [1.165, 1.54) is 19.3 Å². The lowest BCUT2D eigenvalue weighted by molar-refractivity contribution is 0.00113. The monoisotopic (exact) mass is 269 g/mol. The van der Waals surface area contributed by atoms with E-state index < -0.39 is 0 Å². The lowest BCUT2D eigenvalue weighted by Gasteiger charge is -2.60. The van der Waals surface area contributed by atoms with Crippen molar-refractivity contribution in [2.45, 2.75) is 31.7 Å². The Morgan fingerprint density at radius 3 is 2.80 bits per heavy atom. The van der Waals surface area contributed by atoms with E-state index >= 15 is 0 Å². The zero-order chi connectivity index (χ0) is 14.5. The Bertz CT molecular complexity index is 547. The van der Waals surface area contributed by atoms with Crippen LogP contribution in [0.5, 0.6) is 0 Å². The molecule has 0 atom stereocenters. The average molecular weight is 269 g/mol. The second kappa shape index (κ2) is 4.37. The number of likely N-dealkylation sites (N-methyl/N-ethyl adjacent to an activating group) is 1. The van der Waals surface area contributed by atoms with Crippen LogP contribution in [0, 0.1) is 11.3 Å². The van der Waals surface area contributed by atoms with Gasteiger partial charge in [0, 0.05) is 19.8 Å². The highest BCUT2D eigenvalue weighted by molar-refractivity contribution is 5.97. The van der Waals surface area contributed by atoms with Crippen molar-refractivity contribution in [2.75, 3.05) is 13.6 Å². The summed E-state index contributed by atoms with van der Waals surface area (Å²) in [5, 5.41) is 8.32. The summed E-state index contributed by atoms with van der Waals surface area (Å²) < 4.78 is 0. The van der Waals surface area contributed by atoms with Gasteiger partial charge in [0.2, 0.25) is 0 Å². The van der Waals surface area contributed by atoms with Crippen molar-refractivity contribution >= 4 is 5.84 Å². The first kappa shape index (κ1) is 13.2. The number of rotatable bonds is 2. The molecule has 1 N–H and O–H groups in total. The molecule has 1 saturated heterocycles. The molecule has 1 spiro atoms. The molecule has 0 radical (unpaired) electrons. The maximum atomic E-state index is 8.32. The molecule has 20 heavy (non-hydrogen) atoms. The lowest BCUT2D eigenvalue weighted by Crippen LogP contribution is -2.66. The van der Waals surface area contributed by atoms with Crippen LogP contribution in [-0.4, -0.2) is 34.8 Å². The molecule has 3 nitrogen and oxygen atoms in total. The van der Waals surface area contributed by atoms with Crippen LogP contribution >= 0.6 is 0 Å². The molecular formula is C17H23N3. The first-order chi connectivity index (χ1) is 9.50. The number of allylic oxidation sites excluding steroid dienone is 4. The summed E-state index contributed by atoms with van der Waals surface area (Å²) in [7, 11) is 2.02. The number of hydrogen-bond acceptors (Lipinski definition) is 2. The predicted octanol–water partition coefficient (Wildman–Crippen LogP) is 3.29. The fourth-order valence-electron chi connectivity index (χ4n) is 3.79. The molecule has 0 amide bonds. The molecule has 0 unspecified atom stereocenters. The molecule has 1 aliphatic carbocycles. The molecule has 2 aliphatic heterocycles. The number of amidine groups is 1. The summed E-state index contributed by atoms with van der Waals surface area (Å²) in [5.74, 6) is 1.42. The third kappa shape index (κ3) is 1.69. The van der Waals surface area contributed by atoms with E-state index in [9.17, 15) is 0 Å². The molecule has 3 aliphatic rings.